The predicted molar refractivity (Wildman–Crippen MR) is 162 cm³/mol. The molecule has 0 bridgehead atoms. The molecule has 0 saturated carbocycles. The van der Waals surface area contributed by atoms with E-state index in [9.17, 15) is 9.59 Å². The van der Waals surface area contributed by atoms with Gasteiger partial charge < -0.3 is 16.4 Å². The Morgan fingerprint density at radius 1 is 1.02 bits per heavy atom. The Balaban J connectivity index is 1.40. The van der Waals surface area contributed by atoms with E-state index in [2.05, 4.69) is 64.6 Å². The van der Waals surface area contributed by atoms with Gasteiger partial charge in [-0.25, -0.2) is 0 Å². The summed E-state index contributed by atoms with van der Waals surface area (Å²) in [6, 6.07) is 24.7. The van der Waals surface area contributed by atoms with E-state index in [1.165, 1.54) is 31.5 Å². The molecule has 2 amide bonds. The van der Waals surface area contributed by atoms with Crippen LogP contribution in [0.4, 0.5) is 11.4 Å². The van der Waals surface area contributed by atoms with Gasteiger partial charge in [-0.15, -0.1) is 0 Å². The van der Waals surface area contributed by atoms with Crippen molar-refractivity contribution in [1.82, 2.24) is 4.90 Å². The zero-order chi connectivity index (χ0) is 27.9. The van der Waals surface area contributed by atoms with Gasteiger partial charge in [-0.1, -0.05) is 67.4 Å². The summed E-state index contributed by atoms with van der Waals surface area (Å²) in [5, 5.41) is 6.65. The van der Waals surface area contributed by atoms with Crippen molar-refractivity contribution < 1.29 is 9.59 Å². The van der Waals surface area contributed by atoms with Crippen LogP contribution in [0.1, 0.15) is 54.9 Å². The molecule has 1 atom stereocenters. The molecule has 1 saturated heterocycles. The van der Waals surface area contributed by atoms with E-state index in [0.717, 1.165) is 59.6 Å². The Kier molecular flexibility index (Phi) is 8.63. The molecule has 0 aliphatic carbocycles. The summed E-state index contributed by atoms with van der Waals surface area (Å²) in [4.78, 5) is 26.9. The molecule has 2 aliphatic heterocycles. The maximum atomic E-state index is 13.4. The molecule has 40 heavy (non-hydrogen) atoms. The van der Waals surface area contributed by atoms with Crippen molar-refractivity contribution >= 4 is 34.5 Å². The first-order valence-electron chi connectivity index (χ1n) is 14.1. The lowest BCUT2D eigenvalue weighted by Crippen LogP contribution is -2.18. The highest BCUT2D eigenvalue weighted by Gasteiger charge is 2.28. The Bertz CT molecular complexity index is 1460. The first-order valence-corrected chi connectivity index (χ1v) is 14.1. The van der Waals surface area contributed by atoms with Crippen LogP contribution in [0.2, 0.25) is 0 Å². The quantitative estimate of drug-likeness (QED) is 0.245. The van der Waals surface area contributed by atoms with E-state index in [4.69, 9.17) is 5.73 Å². The minimum atomic E-state index is -0.598. The Labute approximate surface area is 236 Å². The standard InChI is InChI=1S/C34H36N4O2/c1-2-24(15-19-31(35)39)10-11-25-14-18-29-30(22-25)37-34(40)32(29)33(27-8-4-3-5-9-27)36-28-16-12-26(13-17-28)23-38-20-6-7-21-38/h3-5,8-9,12-14,16-18,22,24,36H,2,6-7,10-11,20-21,23H2,1H3,(H2,35,39)(H,37,40). The number of nitrogens with two attached hydrogens (primary N) is 1. The monoisotopic (exact) mass is 532 g/mol. The van der Waals surface area contributed by atoms with Gasteiger partial charge in [0, 0.05) is 29.4 Å². The highest BCUT2D eigenvalue weighted by atomic mass is 16.2. The van der Waals surface area contributed by atoms with Gasteiger partial charge in [-0.3, -0.25) is 14.5 Å². The largest absolute Gasteiger partial charge is 0.359 e. The summed E-state index contributed by atoms with van der Waals surface area (Å²) in [5.74, 6) is 4.82. The third kappa shape index (κ3) is 6.62. The van der Waals surface area contributed by atoms with Gasteiger partial charge >= 0.3 is 0 Å². The molecule has 0 radical (unpaired) electrons. The van der Waals surface area contributed by atoms with Crippen molar-refractivity contribution in [3.63, 3.8) is 0 Å². The second kappa shape index (κ2) is 12.7. The zero-order valence-electron chi connectivity index (χ0n) is 23.0. The molecule has 0 aromatic heterocycles. The number of anilines is 2. The lowest BCUT2D eigenvalue weighted by molar-refractivity contribution is -0.113. The zero-order valence-corrected chi connectivity index (χ0v) is 23.0. The second-order valence-corrected chi connectivity index (χ2v) is 10.5. The summed E-state index contributed by atoms with van der Waals surface area (Å²) in [5.41, 5.74) is 12.6. The molecule has 2 aliphatic rings. The van der Waals surface area contributed by atoms with Crippen molar-refractivity contribution in [2.24, 2.45) is 11.7 Å². The van der Waals surface area contributed by atoms with Crippen LogP contribution in [0, 0.1) is 17.8 Å². The van der Waals surface area contributed by atoms with Crippen molar-refractivity contribution in [1.29, 1.82) is 0 Å². The number of fused-ring (bicyclic) bond motifs is 1. The normalized spacial score (nSPS) is 16.5. The fourth-order valence-electron chi connectivity index (χ4n) is 5.44. The molecule has 4 N–H and O–H groups in total. The second-order valence-electron chi connectivity index (χ2n) is 10.5. The number of hydrogen-bond donors (Lipinski definition) is 3. The number of hydrogen-bond acceptors (Lipinski definition) is 4. The number of benzene rings is 3. The Morgan fingerprint density at radius 3 is 2.45 bits per heavy atom. The van der Waals surface area contributed by atoms with Gasteiger partial charge in [0.25, 0.3) is 11.8 Å². The summed E-state index contributed by atoms with van der Waals surface area (Å²) in [6.07, 6.45) is 5.02. The number of aryl methyl sites for hydroxylation is 1. The number of rotatable bonds is 9. The number of likely N-dealkylation sites (tertiary alicyclic amines) is 1. The minimum absolute atomic E-state index is 0.0985. The molecule has 6 heteroatoms. The maximum Gasteiger partial charge on any atom is 0.293 e. The molecule has 1 unspecified atom stereocenters. The van der Waals surface area contributed by atoms with Crippen molar-refractivity contribution in [3.05, 3.63) is 95.1 Å². The summed E-state index contributed by atoms with van der Waals surface area (Å²) in [7, 11) is 0. The Hall–Kier alpha value is -4.34. The van der Waals surface area contributed by atoms with Gasteiger partial charge in [0.15, 0.2) is 0 Å². The van der Waals surface area contributed by atoms with Crippen molar-refractivity contribution in [3.8, 4) is 11.8 Å². The smallest absolute Gasteiger partial charge is 0.293 e. The van der Waals surface area contributed by atoms with Gasteiger partial charge in [0.1, 0.15) is 0 Å². The topological polar surface area (TPSA) is 87.5 Å². The molecule has 204 valence electrons. The summed E-state index contributed by atoms with van der Waals surface area (Å²) < 4.78 is 0. The van der Waals surface area contributed by atoms with Crippen LogP contribution >= 0.6 is 0 Å². The number of nitrogens with one attached hydrogen (secondary N) is 2. The number of carbonyl (C=O) groups is 2. The average Bonchev–Trinajstić information content (AvgIpc) is 3.59. The fourth-order valence-corrected chi connectivity index (χ4v) is 5.44. The number of amides is 2. The van der Waals surface area contributed by atoms with E-state index in [1.807, 2.05) is 42.5 Å². The average molecular weight is 533 g/mol. The van der Waals surface area contributed by atoms with Gasteiger partial charge in [-0.05, 0) is 86.0 Å². The minimum Gasteiger partial charge on any atom is -0.359 e. The molecule has 2 heterocycles. The van der Waals surface area contributed by atoms with Gasteiger partial charge in [0.2, 0.25) is 0 Å². The van der Waals surface area contributed by atoms with Crippen LogP contribution in [-0.4, -0.2) is 29.8 Å². The SMILES string of the molecule is CCC(C#CC(N)=O)CCc1ccc2c(c1)NC(=O)C2=C(Nc1ccc(CN2CCCC2)cc1)c1ccccc1. The molecule has 6 nitrogen and oxygen atoms in total. The van der Waals surface area contributed by atoms with Gasteiger partial charge in [-0.2, -0.15) is 0 Å². The molecule has 5 rings (SSSR count). The van der Waals surface area contributed by atoms with Crippen LogP contribution in [0.25, 0.3) is 11.3 Å². The lowest BCUT2D eigenvalue weighted by atomic mass is 9.95. The van der Waals surface area contributed by atoms with E-state index in [1.54, 1.807) is 0 Å². The van der Waals surface area contributed by atoms with E-state index < -0.39 is 5.91 Å². The molecular formula is C34H36N4O2. The third-order valence-electron chi connectivity index (χ3n) is 7.64. The number of nitrogens with zero attached hydrogens (tertiary/aromatic N) is 1. The summed E-state index contributed by atoms with van der Waals surface area (Å²) >= 11 is 0. The first kappa shape index (κ1) is 27.2. The van der Waals surface area contributed by atoms with Crippen LogP contribution < -0.4 is 16.4 Å². The predicted octanol–water partition coefficient (Wildman–Crippen LogP) is 5.66. The maximum absolute atomic E-state index is 13.4. The lowest BCUT2D eigenvalue weighted by Gasteiger charge is -2.17. The third-order valence-corrected chi connectivity index (χ3v) is 7.64. The van der Waals surface area contributed by atoms with Crippen molar-refractivity contribution in [2.45, 2.75) is 45.6 Å². The highest BCUT2D eigenvalue weighted by Crippen LogP contribution is 2.38. The molecular weight excluding hydrogens is 496 g/mol. The number of primary amides is 1. The van der Waals surface area contributed by atoms with E-state index in [-0.39, 0.29) is 11.8 Å². The Morgan fingerprint density at radius 2 is 1.75 bits per heavy atom. The summed E-state index contributed by atoms with van der Waals surface area (Å²) in [6.45, 7) is 5.37. The fraction of sp³-hybridized carbons (Fsp3) is 0.294. The van der Waals surface area contributed by atoms with Crippen LogP contribution in [0.5, 0.6) is 0 Å². The van der Waals surface area contributed by atoms with Gasteiger partial charge in [0.05, 0.1) is 11.3 Å². The number of carbonyl (C=O) groups excluding carboxylic acids is 2. The van der Waals surface area contributed by atoms with E-state index >= 15 is 0 Å². The van der Waals surface area contributed by atoms with Crippen LogP contribution in [-0.2, 0) is 22.6 Å². The van der Waals surface area contributed by atoms with E-state index in [0.29, 0.717) is 5.57 Å². The highest BCUT2D eigenvalue weighted by molar-refractivity contribution is 6.37. The van der Waals surface area contributed by atoms with Crippen molar-refractivity contribution in [2.75, 3.05) is 23.7 Å². The molecule has 3 aromatic carbocycles. The van der Waals surface area contributed by atoms with Crippen LogP contribution in [0.15, 0.2) is 72.8 Å². The van der Waals surface area contributed by atoms with Crippen LogP contribution in [0.3, 0.4) is 0 Å². The first-order chi connectivity index (χ1) is 19.5. The molecule has 3 aromatic rings. The molecule has 1 fully saturated rings. The molecule has 0 spiro atoms.